The average Bonchev–Trinajstić information content (AvgIpc) is 3.35. The Morgan fingerprint density at radius 1 is 1.02 bits per heavy atom. The molecule has 1 aliphatic rings. The van der Waals surface area contributed by atoms with Crippen molar-refractivity contribution in [3.05, 3.63) is 59.7 Å². The number of methoxy groups -OCH3 is 2. The number of benzene rings is 2. The molecule has 2 aromatic carbocycles. The molecule has 0 spiro atoms. The molecule has 226 valence electrons. The van der Waals surface area contributed by atoms with Crippen LogP contribution in [0, 0.1) is 5.92 Å². The van der Waals surface area contributed by atoms with Crippen molar-refractivity contribution in [2.24, 2.45) is 5.92 Å². The summed E-state index contributed by atoms with van der Waals surface area (Å²) in [6, 6.07) is 15.4. The summed E-state index contributed by atoms with van der Waals surface area (Å²) < 4.78 is 22.2. The van der Waals surface area contributed by atoms with Crippen molar-refractivity contribution in [3.8, 4) is 11.5 Å². The largest absolute Gasteiger partial charge is 0.493 e. The molecular weight excluding hydrogens is 522 g/mol. The maximum atomic E-state index is 13.9. The van der Waals surface area contributed by atoms with E-state index in [0.717, 1.165) is 12.0 Å². The molecule has 0 aliphatic carbocycles. The number of ether oxygens (including phenoxy) is 4. The van der Waals surface area contributed by atoms with E-state index in [9.17, 15) is 9.59 Å². The topological polar surface area (TPSA) is 89.6 Å². The van der Waals surface area contributed by atoms with Crippen LogP contribution in [-0.2, 0) is 16.0 Å². The Morgan fingerprint density at radius 2 is 1.76 bits per heavy atom. The fraction of sp³-hybridized carbons (Fsp3) is 0.562. The van der Waals surface area contributed by atoms with Crippen molar-refractivity contribution in [1.29, 1.82) is 0 Å². The number of nitrogens with zero attached hydrogens (tertiary/aromatic N) is 2. The van der Waals surface area contributed by atoms with Crippen LogP contribution >= 0.6 is 0 Å². The Kier molecular flexibility index (Phi) is 11.8. The molecule has 0 saturated carbocycles. The fourth-order valence-electron chi connectivity index (χ4n) is 4.86. The summed E-state index contributed by atoms with van der Waals surface area (Å²) >= 11 is 0. The molecule has 1 fully saturated rings. The first kappa shape index (κ1) is 32.2. The quantitative estimate of drug-likeness (QED) is 0.340. The normalized spacial score (nSPS) is 17.0. The molecule has 0 radical (unpaired) electrons. The Bertz CT molecular complexity index is 1120. The number of rotatable bonds is 13. The van der Waals surface area contributed by atoms with E-state index in [1.165, 1.54) is 0 Å². The third-order valence-corrected chi connectivity index (χ3v) is 6.98. The maximum Gasteiger partial charge on any atom is 0.410 e. The second-order valence-electron chi connectivity index (χ2n) is 11.7. The van der Waals surface area contributed by atoms with Gasteiger partial charge in [0, 0.05) is 69.9 Å². The summed E-state index contributed by atoms with van der Waals surface area (Å²) in [7, 11) is 3.23. The van der Waals surface area contributed by atoms with E-state index in [-0.39, 0.29) is 30.0 Å². The molecule has 1 N–H and O–H groups in total. The van der Waals surface area contributed by atoms with Crippen LogP contribution in [0.2, 0.25) is 0 Å². The second-order valence-corrected chi connectivity index (χ2v) is 11.7. The standard InChI is InChI=1S/C32H47N3O6/c1-23(2)35(30(36)25-14-15-28(39-7)29(18-25)40-17-11-16-38-6)21-26-20-34(31(37)41-32(3,4)5)22-27(26)33-19-24-12-9-8-10-13-24/h8-10,12-15,18,23,26-27,33H,11,16-17,19-22H2,1-7H3. The highest BCUT2D eigenvalue weighted by Gasteiger charge is 2.39. The second kappa shape index (κ2) is 15.1. The van der Waals surface area contributed by atoms with Crippen molar-refractivity contribution >= 4 is 12.0 Å². The fourth-order valence-corrected chi connectivity index (χ4v) is 4.86. The Balaban J connectivity index is 1.79. The lowest BCUT2D eigenvalue weighted by atomic mass is 10.0. The van der Waals surface area contributed by atoms with E-state index in [2.05, 4.69) is 17.4 Å². The van der Waals surface area contributed by atoms with E-state index in [1.807, 2.05) is 57.7 Å². The van der Waals surface area contributed by atoms with E-state index in [4.69, 9.17) is 18.9 Å². The first-order valence-electron chi connectivity index (χ1n) is 14.4. The van der Waals surface area contributed by atoms with Crippen molar-refractivity contribution < 1.29 is 28.5 Å². The summed E-state index contributed by atoms with van der Waals surface area (Å²) in [6.07, 6.45) is 0.391. The monoisotopic (exact) mass is 569 g/mol. The van der Waals surface area contributed by atoms with Crippen LogP contribution in [0.3, 0.4) is 0 Å². The van der Waals surface area contributed by atoms with Gasteiger partial charge in [-0.05, 0) is 58.4 Å². The smallest absolute Gasteiger partial charge is 0.410 e. The lowest BCUT2D eigenvalue weighted by Gasteiger charge is -2.32. The first-order valence-corrected chi connectivity index (χ1v) is 14.4. The van der Waals surface area contributed by atoms with E-state index >= 15 is 0 Å². The summed E-state index contributed by atoms with van der Waals surface area (Å²) in [6.45, 7) is 12.8. The molecule has 2 aromatic rings. The van der Waals surface area contributed by atoms with Crippen LogP contribution in [0.25, 0.3) is 0 Å². The molecule has 2 atom stereocenters. The number of amides is 2. The lowest BCUT2D eigenvalue weighted by molar-refractivity contribution is 0.0283. The van der Waals surface area contributed by atoms with Gasteiger partial charge in [0.05, 0.1) is 13.7 Å². The molecule has 9 nitrogen and oxygen atoms in total. The molecule has 1 saturated heterocycles. The molecule has 0 bridgehead atoms. The average molecular weight is 570 g/mol. The van der Waals surface area contributed by atoms with Crippen LogP contribution in [0.4, 0.5) is 4.79 Å². The predicted molar refractivity (Wildman–Crippen MR) is 160 cm³/mol. The Morgan fingerprint density at radius 3 is 2.39 bits per heavy atom. The van der Waals surface area contributed by atoms with Gasteiger partial charge in [0.1, 0.15) is 5.60 Å². The lowest BCUT2D eigenvalue weighted by Crippen LogP contribution is -2.46. The highest BCUT2D eigenvalue weighted by molar-refractivity contribution is 5.95. The van der Waals surface area contributed by atoms with Crippen LogP contribution in [0.15, 0.2) is 48.5 Å². The molecule has 2 amide bonds. The van der Waals surface area contributed by atoms with Crippen LogP contribution in [-0.4, -0.2) is 86.6 Å². The molecular formula is C32H47N3O6. The SMILES string of the molecule is COCCCOc1cc(C(=O)N(CC2CN(C(=O)OC(C)(C)C)CC2NCc2ccccc2)C(C)C)ccc1OC. The molecule has 41 heavy (non-hydrogen) atoms. The summed E-state index contributed by atoms with van der Waals surface area (Å²) in [5.41, 5.74) is 1.10. The molecule has 0 aromatic heterocycles. The van der Waals surface area contributed by atoms with E-state index in [1.54, 1.807) is 37.3 Å². The van der Waals surface area contributed by atoms with Crippen molar-refractivity contribution in [3.63, 3.8) is 0 Å². The van der Waals surface area contributed by atoms with Gasteiger partial charge >= 0.3 is 6.09 Å². The predicted octanol–water partition coefficient (Wildman–Crippen LogP) is 4.99. The molecule has 3 rings (SSSR count). The minimum absolute atomic E-state index is 0.00711. The van der Waals surface area contributed by atoms with Gasteiger partial charge in [-0.1, -0.05) is 30.3 Å². The van der Waals surface area contributed by atoms with Crippen LogP contribution in [0.5, 0.6) is 11.5 Å². The summed E-state index contributed by atoms with van der Waals surface area (Å²) in [5, 5.41) is 3.64. The van der Waals surface area contributed by atoms with Gasteiger partial charge in [-0.25, -0.2) is 4.79 Å². The minimum Gasteiger partial charge on any atom is -0.493 e. The van der Waals surface area contributed by atoms with Gasteiger partial charge in [-0.2, -0.15) is 0 Å². The van der Waals surface area contributed by atoms with Crippen molar-refractivity contribution in [1.82, 2.24) is 15.1 Å². The number of hydrogen-bond donors (Lipinski definition) is 1. The summed E-state index contributed by atoms with van der Waals surface area (Å²) in [4.78, 5) is 30.5. The summed E-state index contributed by atoms with van der Waals surface area (Å²) in [5.74, 6) is 1.02. The Labute approximate surface area is 245 Å². The van der Waals surface area contributed by atoms with Crippen molar-refractivity contribution in [2.45, 2.75) is 65.3 Å². The molecule has 1 heterocycles. The highest BCUT2D eigenvalue weighted by Crippen LogP contribution is 2.30. The van der Waals surface area contributed by atoms with Gasteiger partial charge in [0.15, 0.2) is 11.5 Å². The van der Waals surface area contributed by atoms with Crippen LogP contribution < -0.4 is 14.8 Å². The van der Waals surface area contributed by atoms with E-state index in [0.29, 0.717) is 56.5 Å². The molecule has 9 heteroatoms. The van der Waals surface area contributed by atoms with Gasteiger partial charge < -0.3 is 34.1 Å². The number of carbonyl (C=O) groups is 2. The number of hydrogen-bond acceptors (Lipinski definition) is 7. The third kappa shape index (κ3) is 9.64. The van der Waals surface area contributed by atoms with Crippen LogP contribution in [0.1, 0.15) is 57.0 Å². The van der Waals surface area contributed by atoms with Gasteiger partial charge in [-0.3, -0.25) is 4.79 Å². The molecule has 1 aliphatic heterocycles. The number of carbonyl (C=O) groups excluding carboxylic acids is 2. The van der Waals surface area contributed by atoms with Gasteiger partial charge in [0.25, 0.3) is 5.91 Å². The maximum absolute atomic E-state index is 13.9. The zero-order valence-corrected chi connectivity index (χ0v) is 25.6. The van der Waals surface area contributed by atoms with Crippen molar-refractivity contribution in [2.75, 3.05) is 47.1 Å². The third-order valence-electron chi connectivity index (χ3n) is 6.98. The molecule has 2 unspecified atom stereocenters. The minimum atomic E-state index is -0.584. The van der Waals surface area contributed by atoms with Gasteiger partial charge in [-0.15, -0.1) is 0 Å². The Hall–Kier alpha value is -3.30. The van der Waals surface area contributed by atoms with E-state index < -0.39 is 5.60 Å². The number of nitrogens with one attached hydrogen (secondary N) is 1. The zero-order chi connectivity index (χ0) is 30.0. The zero-order valence-electron chi connectivity index (χ0n) is 25.6. The number of likely N-dealkylation sites (tertiary alicyclic amines) is 1. The first-order chi connectivity index (χ1) is 19.5. The highest BCUT2D eigenvalue weighted by atomic mass is 16.6. The van der Waals surface area contributed by atoms with Gasteiger partial charge in [0.2, 0.25) is 0 Å².